The van der Waals surface area contributed by atoms with E-state index < -0.39 is 28.5 Å². The van der Waals surface area contributed by atoms with Gasteiger partial charge in [-0.15, -0.1) is 0 Å². The Morgan fingerprint density at radius 1 is 1.05 bits per heavy atom. The number of carbonyl (C=O) groups excluding carboxylic acids is 2. The summed E-state index contributed by atoms with van der Waals surface area (Å²) in [7, 11) is -1.08. The van der Waals surface area contributed by atoms with Crippen molar-refractivity contribution in [3.8, 4) is 11.5 Å². The van der Waals surface area contributed by atoms with Gasteiger partial charge in [0.05, 0.1) is 26.2 Å². The van der Waals surface area contributed by atoms with Crippen LogP contribution in [0, 0.1) is 0 Å². The Hall–Kier alpha value is -2.69. The Morgan fingerprint density at radius 3 is 2.24 bits per heavy atom. The van der Waals surface area contributed by atoms with Gasteiger partial charge in [-0.2, -0.15) is 0 Å². The Labute approximate surface area is 228 Å². The number of amides is 2. The molecule has 0 aliphatic carbocycles. The average Bonchev–Trinajstić information content (AvgIpc) is 2.82. The first kappa shape index (κ1) is 30.5. The quantitative estimate of drug-likeness (QED) is 0.409. The lowest BCUT2D eigenvalue weighted by molar-refractivity contribution is -0.140. The Kier molecular flexibility index (Phi) is 10.9. The van der Waals surface area contributed by atoms with Crippen molar-refractivity contribution in [2.24, 2.45) is 0 Å². The van der Waals surface area contributed by atoms with E-state index in [1.165, 1.54) is 31.3 Å². The molecule has 0 fully saturated rings. The summed E-state index contributed by atoms with van der Waals surface area (Å²) in [6, 6.07) is 8.39. The fourth-order valence-corrected chi connectivity index (χ4v) is 5.04. The van der Waals surface area contributed by atoms with Gasteiger partial charge in [0.2, 0.25) is 21.8 Å². The number of sulfonamides is 1. The number of hydrogen-bond acceptors (Lipinski definition) is 6. The van der Waals surface area contributed by atoms with Gasteiger partial charge >= 0.3 is 0 Å². The molecule has 2 aromatic rings. The standard InChI is InChI=1S/C25H33Cl2N3O6S/c1-7-21(25(32)28-16(2)3)29(14-17-8-9-18(26)12-20(17)27)24(31)15-30(37(6,33)34)22-11-10-19(35-4)13-23(22)36-5/h8-13,16,21H,7,14-15H2,1-6H3,(H,28,32)/t21-/m0/s1. The molecule has 2 aromatic carbocycles. The summed E-state index contributed by atoms with van der Waals surface area (Å²) in [5, 5.41) is 3.57. The summed E-state index contributed by atoms with van der Waals surface area (Å²) >= 11 is 12.4. The summed E-state index contributed by atoms with van der Waals surface area (Å²) in [6.45, 7) is 4.80. The van der Waals surface area contributed by atoms with Gasteiger partial charge in [0, 0.05) is 28.7 Å². The Morgan fingerprint density at radius 2 is 1.73 bits per heavy atom. The molecule has 2 rings (SSSR count). The first-order valence-corrected chi connectivity index (χ1v) is 14.2. The Bertz CT molecular complexity index is 1220. The summed E-state index contributed by atoms with van der Waals surface area (Å²) in [5.74, 6) is -0.297. The molecular weight excluding hydrogens is 541 g/mol. The molecule has 0 spiro atoms. The van der Waals surface area contributed by atoms with E-state index >= 15 is 0 Å². The van der Waals surface area contributed by atoms with Crippen LogP contribution in [0.5, 0.6) is 11.5 Å². The number of benzene rings is 2. The van der Waals surface area contributed by atoms with Crippen molar-refractivity contribution in [1.29, 1.82) is 0 Å². The molecule has 0 unspecified atom stereocenters. The van der Waals surface area contributed by atoms with Crippen molar-refractivity contribution < 1.29 is 27.5 Å². The second-order valence-corrected chi connectivity index (χ2v) is 11.4. The van der Waals surface area contributed by atoms with E-state index in [-0.39, 0.29) is 29.9 Å². The molecule has 204 valence electrons. The van der Waals surface area contributed by atoms with Crippen LogP contribution in [0.2, 0.25) is 10.0 Å². The molecule has 0 heterocycles. The number of halogens is 2. The molecule has 37 heavy (non-hydrogen) atoms. The number of anilines is 1. The monoisotopic (exact) mass is 573 g/mol. The second-order valence-electron chi connectivity index (χ2n) is 8.65. The molecule has 9 nitrogen and oxygen atoms in total. The van der Waals surface area contributed by atoms with E-state index in [9.17, 15) is 18.0 Å². The van der Waals surface area contributed by atoms with E-state index in [1.807, 2.05) is 13.8 Å². The van der Waals surface area contributed by atoms with Gasteiger partial charge in [0.15, 0.2) is 0 Å². The number of methoxy groups -OCH3 is 2. The van der Waals surface area contributed by atoms with Gasteiger partial charge in [0.1, 0.15) is 24.1 Å². The maximum atomic E-state index is 13.8. The molecule has 0 radical (unpaired) electrons. The minimum absolute atomic E-state index is 0.0315. The lowest BCUT2D eigenvalue weighted by Gasteiger charge is -2.33. The normalized spacial score (nSPS) is 12.1. The van der Waals surface area contributed by atoms with Gasteiger partial charge in [-0.1, -0.05) is 36.2 Å². The number of ether oxygens (including phenoxy) is 2. The zero-order chi connectivity index (χ0) is 27.9. The zero-order valence-electron chi connectivity index (χ0n) is 21.7. The lowest BCUT2D eigenvalue weighted by Crippen LogP contribution is -2.53. The average molecular weight is 575 g/mol. The van der Waals surface area contributed by atoms with Gasteiger partial charge in [-0.25, -0.2) is 8.42 Å². The van der Waals surface area contributed by atoms with Crippen LogP contribution >= 0.6 is 23.2 Å². The minimum atomic E-state index is -3.94. The van der Waals surface area contributed by atoms with E-state index in [4.69, 9.17) is 32.7 Å². The number of carbonyl (C=O) groups is 2. The SMILES string of the molecule is CC[C@@H](C(=O)NC(C)C)N(Cc1ccc(Cl)cc1Cl)C(=O)CN(c1ccc(OC)cc1OC)S(C)(=O)=O. The predicted molar refractivity (Wildman–Crippen MR) is 146 cm³/mol. The van der Waals surface area contributed by atoms with Gasteiger partial charge < -0.3 is 19.7 Å². The van der Waals surface area contributed by atoms with E-state index in [0.29, 0.717) is 27.8 Å². The van der Waals surface area contributed by atoms with Crippen molar-refractivity contribution in [2.45, 2.75) is 45.8 Å². The van der Waals surface area contributed by atoms with Gasteiger partial charge in [0.25, 0.3) is 0 Å². The molecule has 0 aliphatic heterocycles. The van der Waals surface area contributed by atoms with Crippen molar-refractivity contribution >= 4 is 50.7 Å². The van der Waals surface area contributed by atoms with Crippen LogP contribution in [-0.4, -0.2) is 64.2 Å². The third kappa shape index (κ3) is 8.15. The molecule has 1 atom stereocenters. The number of nitrogens with zero attached hydrogens (tertiary/aromatic N) is 2. The fraction of sp³-hybridized carbons (Fsp3) is 0.440. The lowest BCUT2D eigenvalue weighted by atomic mass is 10.1. The van der Waals surface area contributed by atoms with Crippen molar-refractivity contribution in [2.75, 3.05) is 31.3 Å². The molecule has 1 N–H and O–H groups in total. The summed E-state index contributed by atoms with van der Waals surface area (Å²) < 4.78 is 37.2. The maximum Gasteiger partial charge on any atom is 0.244 e. The van der Waals surface area contributed by atoms with Crippen LogP contribution in [0.25, 0.3) is 0 Å². The van der Waals surface area contributed by atoms with E-state index in [0.717, 1.165) is 10.6 Å². The van der Waals surface area contributed by atoms with Crippen molar-refractivity contribution in [3.63, 3.8) is 0 Å². The first-order valence-electron chi connectivity index (χ1n) is 11.6. The summed E-state index contributed by atoms with van der Waals surface area (Å²) in [4.78, 5) is 28.2. The van der Waals surface area contributed by atoms with Crippen LogP contribution in [0.3, 0.4) is 0 Å². The number of rotatable bonds is 12. The topological polar surface area (TPSA) is 105 Å². The largest absolute Gasteiger partial charge is 0.497 e. The molecule has 0 saturated carbocycles. The van der Waals surface area contributed by atoms with E-state index in [2.05, 4.69) is 5.32 Å². The van der Waals surface area contributed by atoms with Gasteiger partial charge in [-0.3, -0.25) is 13.9 Å². The van der Waals surface area contributed by atoms with Crippen molar-refractivity contribution in [3.05, 3.63) is 52.0 Å². The second kappa shape index (κ2) is 13.2. The van der Waals surface area contributed by atoms with Crippen LogP contribution in [0.4, 0.5) is 5.69 Å². The molecule has 0 aliphatic rings. The van der Waals surface area contributed by atoms with Gasteiger partial charge in [-0.05, 0) is 50.1 Å². The zero-order valence-corrected chi connectivity index (χ0v) is 24.1. The maximum absolute atomic E-state index is 13.8. The highest BCUT2D eigenvalue weighted by Crippen LogP contribution is 2.34. The molecule has 0 saturated heterocycles. The Balaban J connectivity index is 2.54. The molecule has 12 heteroatoms. The summed E-state index contributed by atoms with van der Waals surface area (Å²) in [6.07, 6.45) is 1.29. The fourth-order valence-electron chi connectivity index (χ4n) is 3.72. The predicted octanol–water partition coefficient (Wildman–Crippen LogP) is 4.11. The number of nitrogens with one attached hydrogen (secondary N) is 1. The summed E-state index contributed by atoms with van der Waals surface area (Å²) in [5.41, 5.74) is 0.714. The van der Waals surface area contributed by atoms with Crippen LogP contribution in [0.15, 0.2) is 36.4 Å². The minimum Gasteiger partial charge on any atom is -0.497 e. The smallest absolute Gasteiger partial charge is 0.244 e. The first-order chi connectivity index (χ1) is 17.3. The molecular formula is C25H33Cl2N3O6S. The van der Waals surface area contributed by atoms with Crippen LogP contribution in [0.1, 0.15) is 32.8 Å². The molecule has 0 bridgehead atoms. The molecule has 2 amide bonds. The number of hydrogen-bond donors (Lipinski definition) is 1. The van der Waals surface area contributed by atoms with Crippen LogP contribution < -0.4 is 19.1 Å². The highest BCUT2D eigenvalue weighted by atomic mass is 35.5. The highest BCUT2D eigenvalue weighted by molar-refractivity contribution is 7.92. The third-order valence-electron chi connectivity index (χ3n) is 5.51. The van der Waals surface area contributed by atoms with Crippen LogP contribution in [-0.2, 0) is 26.2 Å². The molecule has 0 aromatic heterocycles. The third-order valence-corrected chi connectivity index (χ3v) is 7.22. The van der Waals surface area contributed by atoms with Crippen molar-refractivity contribution in [1.82, 2.24) is 10.2 Å². The van der Waals surface area contributed by atoms with E-state index in [1.54, 1.807) is 31.2 Å². The highest BCUT2D eigenvalue weighted by Gasteiger charge is 2.33.